The molecule has 3 aromatic carbocycles. The van der Waals surface area contributed by atoms with Crippen molar-refractivity contribution in [1.29, 1.82) is 0 Å². The molecular formula is C26H27Cl2N3O6S. The fraction of sp³-hybridized carbons (Fsp3) is 0.231. The van der Waals surface area contributed by atoms with Crippen molar-refractivity contribution in [3.05, 3.63) is 81.3 Å². The number of halogens is 2. The molecule has 0 saturated carbocycles. The molecule has 1 N–H and O–H groups in total. The number of aryl methyl sites for hydroxylation is 1. The van der Waals surface area contributed by atoms with Crippen molar-refractivity contribution in [2.75, 3.05) is 27.9 Å². The Labute approximate surface area is 232 Å². The van der Waals surface area contributed by atoms with Crippen LogP contribution in [-0.2, 0) is 21.4 Å². The van der Waals surface area contributed by atoms with E-state index in [1.54, 1.807) is 42.5 Å². The van der Waals surface area contributed by atoms with Gasteiger partial charge in [0, 0.05) is 27.7 Å². The largest absolute Gasteiger partial charge is 0.493 e. The Morgan fingerprint density at radius 3 is 2.16 bits per heavy atom. The van der Waals surface area contributed by atoms with Crippen LogP contribution in [0.5, 0.6) is 17.2 Å². The Morgan fingerprint density at radius 1 is 0.947 bits per heavy atom. The van der Waals surface area contributed by atoms with Crippen LogP contribution >= 0.6 is 23.2 Å². The van der Waals surface area contributed by atoms with Crippen LogP contribution in [0.3, 0.4) is 0 Å². The summed E-state index contributed by atoms with van der Waals surface area (Å²) in [5.74, 6) is 0.485. The zero-order chi connectivity index (χ0) is 27.9. The lowest BCUT2D eigenvalue weighted by molar-refractivity contribution is -0.121. The number of rotatable bonds is 11. The van der Waals surface area contributed by atoms with Gasteiger partial charge in [-0.25, -0.2) is 13.8 Å². The number of methoxy groups -OCH3 is 3. The summed E-state index contributed by atoms with van der Waals surface area (Å²) in [6, 6.07) is 14.5. The molecule has 3 rings (SSSR count). The van der Waals surface area contributed by atoms with Crippen molar-refractivity contribution in [3.63, 3.8) is 0 Å². The normalized spacial score (nSPS) is 11.6. The van der Waals surface area contributed by atoms with Gasteiger partial charge in [0.15, 0.2) is 11.5 Å². The Morgan fingerprint density at radius 2 is 1.58 bits per heavy atom. The summed E-state index contributed by atoms with van der Waals surface area (Å²) in [6.07, 6.45) is 1.35. The Hall–Kier alpha value is -3.31. The van der Waals surface area contributed by atoms with Crippen LogP contribution in [-0.4, -0.2) is 52.7 Å². The van der Waals surface area contributed by atoms with Crippen molar-refractivity contribution >= 4 is 45.3 Å². The van der Waals surface area contributed by atoms with E-state index in [1.807, 2.05) is 6.92 Å². The van der Waals surface area contributed by atoms with Gasteiger partial charge in [0.05, 0.1) is 39.0 Å². The maximum Gasteiger partial charge on any atom is 0.255 e. The molecule has 202 valence electrons. The van der Waals surface area contributed by atoms with Crippen LogP contribution in [0, 0.1) is 6.92 Å². The molecule has 12 heteroatoms. The number of amides is 1. The van der Waals surface area contributed by atoms with Crippen molar-refractivity contribution in [3.8, 4) is 17.2 Å². The van der Waals surface area contributed by atoms with E-state index >= 15 is 0 Å². The minimum atomic E-state index is -4.10. The van der Waals surface area contributed by atoms with Gasteiger partial charge in [-0.15, -0.1) is 0 Å². The van der Waals surface area contributed by atoms with E-state index in [-0.39, 0.29) is 21.5 Å². The Kier molecular flexibility index (Phi) is 9.98. The van der Waals surface area contributed by atoms with E-state index in [1.165, 1.54) is 39.7 Å². The van der Waals surface area contributed by atoms with Crippen LogP contribution in [0.1, 0.15) is 16.7 Å². The molecule has 0 aliphatic heterocycles. The number of hydrogen-bond acceptors (Lipinski definition) is 7. The van der Waals surface area contributed by atoms with E-state index in [4.69, 9.17) is 37.4 Å². The predicted molar refractivity (Wildman–Crippen MR) is 147 cm³/mol. The second kappa shape index (κ2) is 13.0. The lowest BCUT2D eigenvalue weighted by Crippen LogP contribution is -2.39. The SMILES string of the molecule is COc1ccc(/C=N\NC(=O)CN(Cc2c(Cl)cccc2Cl)S(=O)(=O)c2ccc(C)cc2)c(OC)c1OC. The highest BCUT2D eigenvalue weighted by Crippen LogP contribution is 2.39. The first-order chi connectivity index (χ1) is 18.1. The Bertz CT molecular complexity index is 1410. The lowest BCUT2D eigenvalue weighted by atomic mass is 10.2. The summed E-state index contributed by atoms with van der Waals surface area (Å²) in [5, 5.41) is 4.52. The second-order valence-electron chi connectivity index (χ2n) is 8.00. The molecule has 38 heavy (non-hydrogen) atoms. The van der Waals surface area contributed by atoms with Gasteiger partial charge in [0.1, 0.15) is 0 Å². The number of ether oxygens (including phenoxy) is 3. The molecule has 3 aromatic rings. The zero-order valence-electron chi connectivity index (χ0n) is 21.2. The number of nitrogens with one attached hydrogen (secondary N) is 1. The maximum atomic E-state index is 13.5. The number of nitrogens with zero attached hydrogens (tertiary/aromatic N) is 2. The summed E-state index contributed by atoms with van der Waals surface area (Å²) >= 11 is 12.6. The molecule has 1 amide bonds. The van der Waals surface area contributed by atoms with E-state index in [0.29, 0.717) is 28.4 Å². The van der Waals surface area contributed by atoms with Crippen LogP contribution in [0.2, 0.25) is 10.0 Å². The second-order valence-corrected chi connectivity index (χ2v) is 10.8. The lowest BCUT2D eigenvalue weighted by Gasteiger charge is -2.22. The van der Waals surface area contributed by atoms with Crippen molar-refractivity contribution < 1.29 is 27.4 Å². The summed E-state index contributed by atoms with van der Waals surface area (Å²) in [7, 11) is 0.330. The maximum absolute atomic E-state index is 13.5. The number of carbonyl (C=O) groups excluding carboxylic acids is 1. The van der Waals surface area contributed by atoms with Crippen LogP contribution in [0.4, 0.5) is 0 Å². The van der Waals surface area contributed by atoms with Gasteiger partial charge >= 0.3 is 0 Å². The van der Waals surface area contributed by atoms with Gasteiger partial charge in [-0.2, -0.15) is 9.41 Å². The molecule has 0 aliphatic carbocycles. The van der Waals surface area contributed by atoms with Crippen LogP contribution in [0.25, 0.3) is 0 Å². The highest BCUT2D eigenvalue weighted by atomic mass is 35.5. The van der Waals surface area contributed by atoms with Crippen LogP contribution < -0.4 is 19.6 Å². The molecule has 0 unspecified atom stereocenters. The molecule has 0 atom stereocenters. The molecule has 0 heterocycles. The number of carbonyl (C=O) groups is 1. The number of sulfonamides is 1. The fourth-order valence-corrected chi connectivity index (χ4v) is 5.42. The van der Waals surface area contributed by atoms with Gasteiger partial charge in [-0.1, -0.05) is 47.0 Å². The summed E-state index contributed by atoms with van der Waals surface area (Å²) < 4.78 is 44.0. The fourth-order valence-electron chi connectivity index (χ4n) is 3.54. The average molecular weight is 580 g/mol. The van der Waals surface area contributed by atoms with Crippen molar-refractivity contribution in [1.82, 2.24) is 9.73 Å². The molecule has 9 nitrogen and oxygen atoms in total. The molecule has 0 bridgehead atoms. The third kappa shape index (κ3) is 6.76. The smallest absolute Gasteiger partial charge is 0.255 e. The van der Waals surface area contributed by atoms with Gasteiger partial charge in [0.25, 0.3) is 5.91 Å². The number of hydrogen-bond donors (Lipinski definition) is 1. The van der Waals surface area contributed by atoms with Crippen molar-refractivity contribution in [2.45, 2.75) is 18.4 Å². The molecular weight excluding hydrogens is 553 g/mol. The molecule has 0 spiro atoms. The number of hydrazone groups is 1. The highest BCUT2D eigenvalue weighted by molar-refractivity contribution is 7.89. The first-order valence-corrected chi connectivity index (χ1v) is 13.4. The standard InChI is InChI=1S/C26H27Cl2N3O6S/c1-17-8-11-19(12-9-17)38(33,34)31(15-20-21(27)6-5-7-22(20)28)16-24(32)30-29-14-18-10-13-23(35-2)26(37-4)25(18)36-3/h5-14H,15-16H2,1-4H3,(H,30,32)/b29-14-. The molecule has 0 aromatic heterocycles. The predicted octanol–water partition coefficient (Wildman–Crippen LogP) is 4.67. The summed E-state index contributed by atoms with van der Waals surface area (Å²) in [6.45, 7) is 1.07. The Balaban J connectivity index is 1.86. The number of benzene rings is 3. The van der Waals surface area contributed by atoms with Crippen molar-refractivity contribution in [2.24, 2.45) is 5.10 Å². The van der Waals surface area contributed by atoms with E-state index < -0.39 is 22.5 Å². The molecule has 0 saturated heterocycles. The van der Waals surface area contributed by atoms with E-state index in [0.717, 1.165) is 9.87 Å². The third-order valence-corrected chi connectivity index (χ3v) is 8.02. The first-order valence-electron chi connectivity index (χ1n) is 11.2. The van der Waals surface area contributed by atoms with Crippen LogP contribution in [0.15, 0.2) is 64.6 Å². The quantitative estimate of drug-likeness (QED) is 0.261. The highest BCUT2D eigenvalue weighted by Gasteiger charge is 2.28. The zero-order valence-corrected chi connectivity index (χ0v) is 23.5. The monoisotopic (exact) mass is 579 g/mol. The molecule has 0 fully saturated rings. The average Bonchev–Trinajstić information content (AvgIpc) is 2.89. The van der Waals surface area contributed by atoms with Gasteiger partial charge in [0.2, 0.25) is 15.8 Å². The third-order valence-electron chi connectivity index (χ3n) is 5.50. The minimum Gasteiger partial charge on any atom is -0.493 e. The van der Waals surface area contributed by atoms with Gasteiger partial charge < -0.3 is 14.2 Å². The first kappa shape index (κ1) is 29.2. The summed E-state index contributed by atoms with van der Waals surface area (Å²) in [5.41, 5.74) is 4.12. The molecule has 0 radical (unpaired) electrons. The van der Waals surface area contributed by atoms with E-state index in [2.05, 4.69) is 10.5 Å². The van der Waals surface area contributed by atoms with Gasteiger partial charge in [-0.3, -0.25) is 4.79 Å². The minimum absolute atomic E-state index is 0.0256. The summed E-state index contributed by atoms with van der Waals surface area (Å²) in [4.78, 5) is 12.9. The molecule has 0 aliphatic rings. The van der Waals surface area contributed by atoms with Gasteiger partial charge in [-0.05, 0) is 43.3 Å². The topological polar surface area (TPSA) is 107 Å². The van der Waals surface area contributed by atoms with E-state index in [9.17, 15) is 13.2 Å².